The van der Waals surface area contributed by atoms with E-state index in [0.29, 0.717) is 21.7 Å². The van der Waals surface area contributed by atoms with Crippen LogP contribution in [-0.4, -0.2) is 9.91 Å². The van der Waals surface area contributed by atoms with Crippen LogP contribution in [0.2, 0.25) is 5.15 Å². The Morgan fingerprint density at radius 2 is 2.16 bits per heavy atom. The predicted octanol–water partition coefficient (Wildman–Crippen LogP) is 4.02. The van der Waals surface area contributed by atoms with Crippen molar-refractivity contribution in [3.05, 3.63) is 61.8 Å². The molecule has 5 nitrogen and oxygen atoms in total. The Morgan fingerprint density at radius 1 is 1.37 bits per heavy atom. The Labute approximate surface area is 122 Å². The van der Waals surface area contributed by atoms with Gasteiger partial charge in [-0.2, -0.15) is 0 Å². The number of hydrogen-bond acceptors (Lipinski definition) is 4. The van der Waals surface area contributed by atoms with Crippen molar-refractivity contribution < 1.29 is 4.92 Å². The number of aromatic nitrogens is 1. The van der Waals surface area contributed by atoms with Crippen LogP contribution < -0.4 is 5.32 Å². The van der Waals surface area contributed by atoms with Gasteiger partial charge in [-0.25, -0.2) is 4.98 Å². The maximum absolute atomic E-state index is 11.0. The molecule has 1 N–H and O–H groups in total. The first-order valence-corrected chi connectivity index (χ1v) is 6.51. The Hall–Kier alpha value is -1.66. The molecule has 0 bridgehead atoms. The summed E-state index contributed by atoms with van der Waals surface area (Å²) in [5.41, 5.74) is 1.43. The van der Waals surface area contributed by atoms with Gasteiger partial charge in [0.15, 0.2) is 0 Å². The Bertz CT molecular complexity index is 622. The molecule has 98 valence electrons. The van der Waals surface area contributed by atoms with Crippen molar-refractivity contribution >= 4 is 38.9 Å². The highest BCUT2D eigenvalue weighted by atomic mass is 79.9. The van der Waals surface area contributed by atoms with Crippen LogP contribution in [0.5, 0.6) is 0 Å². The van der Waals surface area contributed by atoms with Crippen LogP contribution in [-0.2, 0) is 6.54 Å². The van der Waals surface area contributed by atoms with Crippen molar-refractivity contribution in [2.75, 3.05) is 5.32 Å². The van der Waals surface area contributed by atoms with Crippen LogP contribution in [0.4, 0.5) is 11.4 Å². The maximum Gasteiger partial charge on any atom is 0.275 e. The third-order valence-electron chi connectivity index (χ3n) is 2.45. The highest BCUT2D eigenvalue weighted by Crippen LogP contribution is 2.24. The van der Waals surface area contributed by atoms with Crippen LogP contribution >= 0.6 is 27.5 Å². The van der Waals surface area contributed by atoms with Crippen molar-refractivity contribution in [2.45, 2.75) is 6.54 Å². The second-order valence-corrected chi connectivity index (χ2v) is 5.05. The van der Waals surface area contributed by atoms with Crippen molar-refractivity contribution in [2.24, 2.45) is 0 Å². The van der Waals surface area contributed by atoms with E-state index in [-0.39, 0.29) is 5.69 Å². The number of pyridine rings is 1. The number of nitrogens with zero attached hydrogens (tertiary/aromatic N) is 2. The number of benzene rings is 1. The van der Waals surface area contributed by atoms with Gasteiger partial charge >= 0.3 is 0 Å². The average Bonchev–Trinajstić information content (AvgIpc) is 2.37. The van der Waals surface area contributed by atoms with E-state index in [0.717, 1.165) is 5.69 Å². The number of anilines is 1. The van der Waals surface area contributed by atoms with Crippen LogP contribution in [0.25, 0.3) is 0 Å². The number of hydrogen-bond donors (Lipinski definition) is 1. The molecule has 0 aliphatic carbocycles. The lowest BCUT2D eigenvalue weighted by molar-refractivity contribution is -0.385. The normalized spacial score (nSPS) is 10.2. The lowest BCUT2D eigenvalue weighted by Crippen LogP contribution is -2.03. The summed E-state index contributed by atoms with van der Waals surface area (Å²) in [4.78, 5) is 14.4. The number of nitrogens with one attached hydrogen (secondary N) is 1. The van der Waals surface area contributed by atoms with E-state index in [1.807, 2.05) is 0 Å². The second kappa shape index (κ2) is 5.99. The first-order valence-electron chi connectivity index (χ1n) is 5.34. The average molecular weight is 343 g/mol. The molecule has 0 radical (unpaired) electrons. The van der Waals surface area contributed by atoms with E-state index in [9.17, 15) is 10.1 Å². The van der Waals surface area contributed by atoms with E-state index >= 15 is 0 Å². The summed E-state index contributed by atoms with van der Waals surface area (Å²) in [6.07, 6.45) is 1.57. The summed E-state index contributed by atoms with van der Waals surface area (Å²) >= 11 is 8.98. The molecule has 2 aromatic rings. The van der Waals surface area contributed by atoms with Gasteiger partial charge in [-0.3, -0.25) is 10.1 Å². The predicted molar refractivity (Wildman–Crippen MR) is 77.4 cm³/mol. The summed E-state index contributed by atoms with van der Waals surface area (Å²) in [7, 11) is 0. The zero-order valence-corrected chi connectivity index (χ0v) is 12.0. The van der Waals surface area contributed by atoms with E-state index in [2.05, 4.69) is 26.2 Å². The Kier molecular flexibility index (Phi) is 4.34. The summed E-state index contributed by atoms with van der Waals surface area (Å²) in [6.45, 7) is 0.337. The van der Waals surface area contributed by atoms with E-state index in [4.69, 9.17) is 11.6 Å². The van der Waals surface area contributed by atoms with Gasteiger partial charge in [-0.15, -0.1) is 0 Å². The fraction of sp³-hybridized carbons (Fsp3) is 0.0833. The molecular weight excluding hydrogens is 334 g/mol. The van der Waals surface area contributed by atoms with Gasteiger partial charge in [0.25, 0.3) is 5.69 Å². The molecular formula is C12H9BrClN3O2. The topological polar surface area (TPSA) is 68.1 Å². The molecule has 1 heterocycles. The molecule has 0 aliphatic rings. The van der Waals surface area contributed by atoms with Gasteiger partial charge in [0.1, 0.15) is 5.15 Å². The summed E-state index contributed by atoms with van der Waals surface area (Å²) in [5.74, 6) is 0. The monoisotopic (exact) mass is 341 g/mol. The minimum Gasteiger partial charge on any atom is -0.381 e. The van der Waals surface area contributed by atoms with Gasteiger partial charge in [-0.05, 0) is 24.3 Å². The van der Waals surface area contributed by atoms with Gasteiger partial charge in [0.05, 0.1) is 4.92 Å². The molecule has 0 spiro atoms. The summed E-state index contributed by atoms with van der Waals surface area (Å²) in [5, 5.41) is 14.4. The smallest absolute Gasteiger partial charge is 0.275 e. The Morgan fingerprint density at radius 3 is 2.84 bits per heavy atom. The first-order chi connectivity index (χ1) is 9.06. The molecule has 1 aromatic heterocycles. The number of rotatable bonds is 4. The summed E-state index contributed by atoms with van der Waals surface area (Å²) in [6, 6.07) is 8.36. The van der Waals surface area contributed by atoms with Crippen LogP contribution in [0, 0.1) is 10.1 Å². The van der Waals surface area contributed by atoms with E-state index in [1.165, 1.54) is 6.07 Å². The molecule has 7 heteroatoms. The summed E-state index contributed by atoms with van der Waals surface area (Å²) < 4.78 is 0.676. The molecule has 0 amide bonds. The fourth-order valence-corrected chi connectivity index (χ4v) is 2.09. The van der Waals surface area contributed by atoms with Gasteiger partial charge in [0.2, 0.25) is 0 Å². The standard InChI is InChI=1S/C12H9BrClN3O2/c13-9-2-1-8(11(5-9)17(18)19)7-16-10-3-4-15-12(14)6-10/h1-6H,7H2,(H,15,16). The van der Waals surface area contributed by atoms with E-state index in [1.54, 1.807) is 30.5 Å². The minimum absolute atomic E-state index is 0.0713. The lowest BCUT2D eigenvalue weighted by atomic mass is 10.2. The largest absolute Gasteiger partial charge is 0.381 e. The highest BCUT2D eigenvalue weighted by Gasteiger charge is 2.13. The molecule has 2 rings (SSSR count). The highest BCUT2D eigenvalue weighted by molar-refractivity contribution is 9.10. The van der Waals surface area contributed by atoms with Crippen LogP contribution in [0.15, 0.2) is 41.0 Å². The molecule has 1 aromatic carbocycles. The van der Waals surface area contributed by atoms with Gasteiger partial charge < -0.3 is 5.32 Å². The molecule has 0 saturated carbocycles. The number of nitro groups is 1. The van der Waals surface area contributed by atoms with Gasteiger partial charge in [0, 0.05) is 34.5 Å². The molecule has 0 unspecified atom stereocenters. The van der Waals surface area contributed by atoms with E-state index < -0.39 is 4.92 Å². The third kappa shape index (κ3) is 3.65. The zero-order chi connectivity index (χ0) is 13.8. The van der Waals surface area contributed by atoms with Crippen molar-refractivity contribution in [1.29, 1.82) is 0 Å². The van der Waals surface area contributed by atoms with Crippen molar-refractivity contribution in [3.63, 3.8) is 0 Å². The molecule has 19 heavy (non-hydrogen) atoms. The lowest BCUT2D eigenvalue weighted by Gasteiger charge is -2.07. The quantitative estimate of drug-likeness (QED) is 0.518. The molecule has 0 atom stereocenters. The number of nitro benzene ring substituents is 1. The van der Waals surface area contributed by atoms with Crippen LogP contribution in [0.3, 0.4) is 0 Å². The minimum atomic E-state index is -0.401. The zero-order valence-electron chi connectivity index (χ0n) is 9.64. The van der Waals surface area contributed by atoms with Crippen molar-refractivity contribution in [1.82, 2.24) is 4.98 Å². The van der Waals surface area contributed by atoms with Crippen LogP contribution in [0.1, 0.15) is 5.56 Å². The Balaban J connectivity index is 2.17. The number of halogens is 2. The fourth-order valence-electron chi connectivity index (χ4n) is 1.57. The SMILES string of the molecule is O=[N+]([O-])c1cc(Br)ccc1CNc1ccnc(Cl)c1. The molecule has 0 saturated heterocycles. The molecule has 0 fully saturated rings. The first kappa shape index (κ1) is 13.8. The maximum atomic E-state index is 11.0. The molecule has 0 aliphatic heterocycles. The van der Waals surface area contributed by atoms with Gasteiger partial charge in [-0.1, -0.05) is 27.5 Å². The van der Waals surface area contributed by atoms with Crippen molar-refractivity contribution in [3.8, 4) is 0 Å². The second-order valence-electron chi connectivity index (χ2n) is 3.75. The third-order valence-corrected chi connectivity index (χ3v) is 3.15.